The van der Waals surface area contributed by atoms with Crippen molar-refractivity contribution in [1.82, 2.24) is 14.8 Å². The maximum absolute atomic E-state index is 14.4. The summed E-state index contributed by atoms with van der Waals surface area (Å²) in [6.07, 6.45) is 3.51. The molecule has 142 valence electrons. The monoisotopic (exact) mass is 378 g/mol. The summed E-state index contributed by atoms with van der Waals surface area (Å²) in [5, 5.41) is 7.90. The number of nitrogens with zero attached hydrogens (tertiary/aromatic N) is 3. The number of nitrogens with one attached hydrogen (secondary N) is 1. The van der Waals surface area contributed by atoms with E-state index in [-0.39, 0.29) is 11.4 Å². The Morgan fingerprint density at radius 2 is 2.04 bits per heavy atom. The number of hydrogen-bond donors (Lipinski definition) is 1. The average molecular weight is 378 g/mol. The molecule has 3 aromatic heterocycles. The van der Waals surface area contributed by atoms with E-state index in [1.807, 2.05) is 6.07 Å². The summed E-state index contributed by atoms with van der Waals surface area (Å²) in [4.78, 5) is 16.6. The second-order valence-electron chi connectivity index (χ2n) is 6.94. The summed E-state index contributed by atoms with van der Waals surface area (Å²) >= 11 is 0. The maximum atomic E-state index is 14.4. The number of aryl methyl sites for hydroxylation is 1. The molecule has 0 atom stereocenters. The first kappa shape index (κ1) is 17.9. The molecule has 0 spiro atoms. The van der Waals surface area contributed by atoms with Crippen LogP contribution in [-0.2, 0) is 0 Å². The molecule has 0 radical (unpaired) electrons. The summed E-state index contributed by atoms with van der Waals surface area (Å²) in [7, 11) is 0. The zero-order chi connectivity index (χ0) is 19.8. The van der Waals surface area contributed by atoms with Gasteiger partial charge in [-0.05, 0) is 54.8 Å². The molecule has 0 aliphatic rings. The third-order valence-electron chi connectivity index (χ3n) is 4.46. The normalized spacial score (nSPS) is 11.3. The third kappa shape index (κ3) is 3.38. The van der Waals surface area contributed by atoms with E-state index in [1.165, 1.54) is 22.9 Å². The van der Waals surface area contributed by atoms with E-state index >= 15 is 0 Å². The topological polar surface area (TPSA) is 73.0 Å². The number of amides is 1. The molecule has 0 unspecified atom stereocenters. The predicted molar refractivity (Wildman–Crippen MR) is 104 cm³/mol. The number of carbonyl (C=O) groups excluding carboxylic acids is 1. The molecule has 1 N–H and O–H groups in total. The Kier molecular flexibility index (Phi) is 4.43. The molecule has 3 heterocycles. The molecule has 4 rings (SSSR count). The largest absolute Gasteiger partial charge is 0.456 e. The molecule has 0 bridgehead atoms. The summed E-state index contributed by atoms with van der Waals surface area (Å²) < 4.78 is 21.2. The van der Waals surface area contributed by atoms with Crippen molar-refractivity contribution in [2.45, 2.75) is 26.7 Å². The zero-order valence-electron chi connectivity index (χ0n) is 15.7. The third-order valence-corrected chi connectivity index (χ3v) is 4.46. The van der Waals surface area contributed by atoms with Gasteiger partial charge in [-0.3, -0.25) is 4.79 Å². The summed E-state index contributed by atoms with van der Waals surface area (Å²) in [6.45, 7) is 5.92. The predicted octanol–water partition coefficient (Wildman–Crippen LogP) is 4.84. The van der Waals surface area contributed by atoms with Gasteiger partial charge in [-0.2, -0.15) is 0 Å². The zero-order valence-corrected chi connectivity index (χ0v) is 15.7. The van der Waals surface area contributed by atoms with Gasteiger partial charge in [-0.15, -0.1) is 5.10 Å². The Hall–Kier alpha value is -3.48. The number of hydrogen-bond acceptors (Lipinski definition) is 4. The highest BCUT2D eigenvalue weighted by molar-refractivity contribution is 6.02. The summed E-state index contributed by atoms with van der Waals surface area (Å²) in [5.41, 5.74) is 2.27. The fourth-order valence-corrected chi connectivity index (χ4v) is 2.89. The van der Waals surface area contributed by atoms with Crippen molar-refractivity contribution in [3.05, 3.63) is 71.7 Å². The number of carbonyl (C=O) groups is 1. The number of pyridine rings is 1. The lowest BCUT2D eigenvalue weighted by molar-refractivity contribution is 0.0995. The molecule has 1 aromatic carbocycles. The van der Waals surface area contributed by atoms with Crippen LogP contribution in [0.15, 0.2) is 53.2 Å². The van der Waals surface area contributed by atoms with Crippen molar-refractivity contribution in [3.63, 3.8) is 0 Å². The molecule has 0 saturated heterocycles. The maximum Gasteiger partial charge on any atom is 0.291 e. The summed E-state index contributed by atoms with van der Waals surface area (Å²) in [6, 6.07) is 9.60. The minimum Gasteiger partial charge on any atom is -0.456 e. The van der Waals surface area contributed by atoms with Gasteiger partial charge >= 0.3 is 0 Å². The highest BCUT2D eigenvalue weighted by Crippen LogP contribution is 2.23. The van der Waals surface area contributed by atoms with Crippen LogP contribution in [0.25, 0.3) is 16.7 Å². The molecular formula is C21H19FN4O2. The Balaban J connectivity index is 1.67. The van der Waals surface area contributed by atoms with Crippen molar-refractivity contribution < 1.29 is 13.6 Å². The van der Waals surface area contributed by atoms with Gasteiger partial charge in [0.15, 0.2) is 11.4 Å². The number of anilines is 1. The number of aromatic nitrogens is 3. The molecule has 4 aromatic rings. The lowest BCUT2D eigenvalue weighted by atomic mass is 10.1. The lowest BCUT2D eigenvalue weighted by Gasteiger charge is -2.07. The molecule has 0 aliphatic carbocycles. The van der Waals surface area contributed by atoms with Crippen molar-refractivity contribution >= 4 is 22.6 Å². The average Bonchev–Trinajstić information content (AvgIpc) is 3.28. The SMILES string of the molecule is Cc1ccc(C(=O)Nc2ccc(F)c(-n3cc4cc(C(C)C)cnc4n3)c2)o1. The van der Waals surface area contributed by atoms with Crippen LogP contribution in [0.3, 0.4) is 0 Å². The Morgan fingerprint density at radius 3 is 2.75 bits per heavy atom. The number of fused-ring (bicyclic) bond motifs is 1. The van der Waals surface area contributed by atoms with Gasteiger partial charge in [0.2, 0.25) is 0 Å². The van der Waals surface area contributed by atoms with Crippen LogP contribution in [0, 0.1) is 12.7 Å². The van der Waals surface area contributed by atoms with E-state index < -0.39 is 11.7 Å². The minimum absolute atomic E-state index is 0.193. The highest BCUT2D eigenvalue weighted by Gasteiger charge is 2.14. The van der Waals surface area contributed by atoms with Gasteiger partial charge in [-0.1, -0.05) is 13.8 Å². The number of furan rings is 1. The van der Waals surface area contributed by atoms with Crippen LogP contribution in [-0.4, -0.2) is 20.7 Å². The van der Waals surface area contributed by atoms with Crippen LogP contribution < -0.4 is 5.32 Å². The molecule has 0 aliphatic heterocycles. The van der Waals surface area contributed by atoms with Crippen LogP contribution in [0.4, 0.5) is 10.1 Å². The van der Waals surface area contributed by atoms with E-state index in [9.17, 15) is 9.18 Å². The number of benzene rings is 1. The van der Waals surface area contributed by atoms with E-state index in [0.29, 0.717) is 23.0 Å². The summed E-state index contributed by atoms with van der Waals surface area (Å²) in [5.74, 6) is 0.309. The second-order valence-corrected chi connectivity index (χ2v) is 6.94. The van der Waals surface area contributed by atoms with E-state index in [0.717, 1.165) is 10.9 Å². The van der Waals surface area contributed by atoms with Crippen molar-refractivity contribution in [2.24, 2.45) is 0 Å². The first-order valence-electron chi connectivity index (χ1n) is 8.94. The van der Waals surface area contributed by atoms with Gasteiger partial charge in [0.05, 0.1) is 0 Å². The smallest absolute Gasteiger partial charge is 0.291 e. The molecule has 0 fully saturated rings. The van der Waals surface area contributed by atoms with Gasteiger partial charge < -0.3 is 9.73 Å². The van der Waals surface area contributed by atoms with Crippen molar-refractivity contribution in [1.29, 1.82) is 0 Å². The minimum atomic E-state index is -0.455. The van der Waals surface area contributed by atoms with E-state index in [1.54, 1.807) is 31.5 Å². The van der Waals surface area contributed by atoms with Crippen molar-refractivity contribution in [3.8, 4) is 5.69 Å². The number of rotatable bonds is 4. The Bertz CT molecular complexity index is 1180. The van der Waals surface area contributed by atoms with Crippen molar-refractivity contribution in [2.75, 3.05) is 5.32 Å². The Labute approximate surface area is 161 Å². The molecule has 0 saturated carbocycles. The van der Waals surface area contributed by atoms with Gasteiger partial charge in [-0.25, -0.2) is 14.1 Å². The molecular weight excluding hydrogens is 359 g/mol. The lowest BCUT2D eigenvalue weighted by Crippen LogP contribution is -2.11. The Morgan fingerprint density at radius 1 is 1.21 bits per heavy atom. The van der Waals surface area contributed by atoms with Crippen LogP contribution in [0.1, 0.15) is 41.6 Å². The van der Waals surface area contributed by atoms with E-state index in [4.69, 9.17) is 4.42 Å². The first-order valence-corrected chi connectivity index (χ1v) is 8.94. The molecule has 28 heavy (non-hydrogen) atoms. The van der Waals surface area contributed by atoms with Crippen LogP contribution in [0.5, 0.6) is 0 Å². The van der Waals surface area contributed by atoms with Crippen LogP contribution >= 0.6 is 0 Å². The van der Waals surface area contributed by atoms with Gasteiger partial charge in [0, 0.05) is 23.5 Å². The van der Waals surface area contributed by atoms with Gasteiger partial charge in [0.1, 0.15) is 17.3 Å². The van der Waals surface area contributed by atoms with E-state index in [2.05, 4.69) is 29.2 Å². The fourth-order valence-electron chi connectivity index (χ4n) is 2.89. The molecule has 1 amide bonds. The van der Waals surface area contributed by atoms with Gasteiger partial charge in [0.25, 0.3) is 5.91 Å². The molecule has 7 heteroatoms. The molecule has 6 nitrogen and oxygen atoms in total. The van der Waals surface area contributed by atoms with Crippen LogP contribution in [0.2, 0.25) is 0 Å². The first-order chi connectivity index (χ1) is 13.4. The standard InChI is InChI=1S/C21H19FN4O2/c1-12(2)14-8-15-11-26(25-20(15)23-10-14)18-9-16(5-6-17(18)22)24-21(27)19-7-4-13(3)28-19/h4-12H,1-3H3,(H,24,27). The number of halogens is 1. The quantitative estimate of drug-likeness (QED) is 0.552. The second kappa shape index (κ2) is 6.92. The highest BCUT2D eigenvalue weighted by atomic mass is 19.1. The fraction of sp³-hybridized carbons (Fsp3) is 0.190.